The summed E-state index contributed by atoms with van der Waals surface area (Å²) in [6, 6.07) is 19.6. The Morgan fingerprint density at radius 1 is 1.16 bits per heavy atom. The van der Waals surface area contributed by atoms with E-state index in [0.29, 0.717) is 5.56 Å². The quantitative estimate of drug-likeness (QED) is 0.670. The Morgan fingerprint density at radius 3 is 2.79 bits per heavy atom. The van der Waals surface area contributed by atoms with Crippen LogP contribution >= 0.6 is 0 Å². The zero-order valence-corrected chi connectivity index (χ0v) is 10.2. The molecule has 0 amide bonds. The van der Waals surface area contributed by atoms with Gasteiger partial charge in [-0.3, -0.25) is 0 Å². The average Bonchev–Trinajstić information content (AvgIpc) is 3.26. The third-order valence-corrected chi connectivity index (χ3v) is 2.89. The molecule has 0 bridgehead atoms. The minimum atomic E-state index is 0.0632. The summed E-state index contributed by atoms with van der Waals surface area (Å²) in [5.41, 5.74) is 5.90. The number of hydrazone groups is 1. The summed E-state index contributed by atoms with van der Waals surface area (Å²) in [6.07, 6.45) is 1.87. The highest BCUT2D eigenvalue weighted by atomic mass is 15.9. The first-order chi connectivity index (χ1) is 9.36. The van der Waals surface area contributed by atoms with E-state index in [-0.39, 0.29) is 6.17 Å². The van der Waals surface area contributed by atoms with Crippen molar-refractivity contribution in [3.8, 4) is 6.07 Å². The van der Waals surface area contributed by atoms with Crippen LogP contribution in [0.5, 0.6) is 0 Å². The fourth-order valence-corrected chi connectivity index (χ4v) is 1.85. The van der Waals surface area contributed by atoms with Crippen LogP contribution in [0.15, 0.2) is 59.7 Å². The van der Waals surface area contributed by atoms with Crippen molar-refractivity contribution < 1.29 is 0 Å². The second-order valence-electron chi connectivity index (χ2n) is 4.27. The lowest BCUT2D eigenvalue weighted by Crippen LogP contribution is -1.91. The number of nitriles is 1. The van der Waals surface area contributed by atoms with Crippen LogP contribution in [0.3, 0.4) is 0 Å². The third kappa shape index (κ3) is 2.62. The molecule has 1 saturated heterocycles. The van der Waals surface area contributed by atoms with Crippen molar-refractivity contribution in [2.45, 2.75) is 6.17 Å². The van der Waals surface area contributed by atoms with E-state index in [2.05, 4.69) is 16.6 Å². The van der Waals surface area contributed by atoms with Gasteiger partial charge < -0.3 is 0 Å². The monoisotopic (exact) mass is 248 g/mol. The van der Waals surface area contributed by atoms with E-state index in [1.807, 2.05) is 48.5 Å². The fraction of sp³-hybridized carbons (Fsp3) is 0.0667. The largest absolute Gasteiger partial charge is 0.204 e. The van der Waals surface area contributed by atoms with Crippen molar-refractivity contribution in [3.05, 3.63) is 71.3 Å². The van der Waals surface area contributed by atoms with Gasteiger partial charge in [0.05, 0.1) is 17.8 Å². The van der Waals surface area contributed by atoms with Crippen LogP contribution in [0.4, 0.5) is 0 Å². The SMILES string of the molecule is N#Cc1cccc(C2NN2/N=C/c2ccccc2)c1. The Hall–Kier alpha value is -2.64. The minimum Gasteiger partial charge on any atom is -0.204 e. The van der Waals surface area contributed by atoms with Crippen LogP contribution in [-0.4, -0.2) is 11.3 Å². The first-order valence-electron chi connectivity index (χ1n) is 6.01. The Kier molecular flexibility index (Phi) is 2.97. The van der Waals surface area contributed by atoms with Gasteiger partial charge in [-0.2, -0.15) is 15.8 Å². The summed E-state index contributed by atoms with van der Waals surface area (Å²) in [6.45, 7) is 0. The predicted octanol–water partition coefficient (Wildman–Crippen LogP) is 2.41. The zero-order chi connectivity index (χ0) is 13.1. The minimum absolute atomic E-state index is 0.0632. The molecule has 0 saturated carbocycles. The average molecular weight is 248 g/mol. The molecule has 19 heavy (non-hydrogen) atoms. The maximum Gasteiger partial charge on any atom is 0.157 e. The number of hydrogen-bond donors (Lipinski definition) is 1. The molecule has 2 aromatic rings. The highest BCUT2D eigenvalue weighted by Crippen LogP contribution is 2.28. The Labute approximate surface area is 111 Å². The van der Waals surface area contributed by atoms with Crippen molar-refractivity contribution in [2.24, 2.45) is 5.10 Å². The van der Waals surface area contributed by atoms with Crippen molar-refractivity contribution in [2.75, 3.05) is 0 Å². The van der Waals surface area contributed by atoms with Crippen LogP contribution < -0.4 is 5.43 Å². The Balaban J connectivity index is 1.68. The lowest BCUT2D eigenvalue weighted by Gasteiger charge is -1.97. The molecule has 1 heterocycles. The number of benzene rings is 2. The van der Waals surface area contributed by atoms with Crippen LogP contribution in [0.2, 0.25) is 0 Å². The standard InChI is InChI=1S/C15H12N4/c16-10-13-7-4-8-14(9-13)15-18-19(15)17-11-12-5-2-1-3-6-12/h1-9,11,15,18H/b17-11+. The van der Waals surface area contributed by atoms with E-state index in [9.17, 15) is 0 Å². The molecule has 0 radical (unpaired) electrons. The van der Waals surface area contributed by atoms with Gasteiger partial charge in [0.2, 0.25) is 0 Å². The molecule has 1 fully saturated rings. The highest BCUT2D eigenvalue weighted by molar-refractivity contribution is 5.79. The highest BCUT2D eigenvalue weighted by Gasteiger charge is 2.33. The first kappa shape index (κ1) is 11.5. The lowest BCUT2D eigenvalue weighted by molar-refractivity contribution is 0.524. The number of nitrogens with one attached hydrogen (secondary N) is 1. The van der Waals surface area contributed by atoms with Gasteiger partial charge in [0.15, 0.2) is 6.17 Å². The summed E-state index contributed by atoms with van der Waals surface area (Å²) in [7, 11) is 0. The van der Waals surface area contributed by atoms with E-state index < -0.39 is 0 Å². The molecular formula is C15H12N4. The number of nitrogens with zero attached hydrogens (tertiary/aromatic N) is 3. The molecule has 4 heteroatoms. The third-order valence-electron chi connectivity index (χ3n) is 2.89. The summed E-state index contributed by atoms with van der Waals surface area (Å²) in [5.74, 6) is 0. The maximum atomic E-state index is 8.87. The van der Waals surface area contributed by atoms with Gasteiger partial charge in [0.25, 0.3) is 0 Å². The first-order valence-corrected chi connectivity index (χ1v) is 6.01. The molecule has 1 N–H and O–H groups in total. The second-order valence-corrected chi connectivity index (χ2v) is 4.27. The Bertz CT molecular complexity index is 643. The van der Waals surface area contributed by atoms with E-state index >= 15 is 0 Å². The van der Waals surface area contributed by atoms with Crippen molar-refractivity contribution >= 4 is 6.21 Å². The van der Waals surface area contributed by atoms with Crippen molar-refractivity contribution in [1.29, 1.82) is 5.26 Å². The van der Waals surface area contributed by atoms with Crippen molar-refractivity contribution in [3.63, 3.8) is 0 Å². The van der Waals surface area contributed by atoms with Crippen molar-refractivity contribution in [1.82, 2.24) is 10.5 Å². The summed E-state index contributed by atoms with van der Waals surface area (Å²) in [5, 5.41) is 15.0. The molecule has 0 spiro atoms. The molecule has 0 aromatic heterocycles. The van der Waals surface area contributed by atoms with Crippen LogP contribution in [0.25, 0.3) is 0 Å². The van der Waals surface area contributed by atoms with E-state index in [0.717, 1.165) is 11.1 Å². The Morgan fingerprint density at radius 2 is 2.00 bits per heavy atom. The van der Waals surface area contributed by atoms with Gasteiger partial charge in [-0.25, -0.2) is 5.12 Å². The van der Waals surface area contributed by atoms with Crippen LogP contribution in [-0.2, 0) is 0 Å². The van der Waals surface area contributed by atoms with Gasteiger partial charge in [0.1, 0.15) is 0 Å². The molecule has 92 valence electrons. The van der Waals surface area contributed by atoms with E-state index in [1.165, 1.54) is 0 Å². The van der Waals surface area contributed by atoms with Gasteiger partial charge in [-0.1, -0.05) is 42.5 Å². The molecule has 1 atom stereocenters. The smallest absolute Gasteiger partial charge is 0.157 e. The fourth-order valence-electron chi connectivity index (χ4n) is 1.85. The zero-order valence-electron chi connectivity index (χ0n) is 10.2. The normalized spacial score (nSPS) is 17.4. The molecule has 1 aliphatic rings. The number of hydrazine groups is 1. The second kappa shape index (κ2) is 4.92. The summed E-state index contributed by atoms with van der Waals surface area (Å²) < 4.78 is 0. The number of hydrogen-bond acceptors (Lipinski definition) is 4. The topological polar surface area (TPSA) is 61.1 Å². The predicted molar refractivity (Wildman–Crippen MR) is 72.9 cm³/mol. The lowest BCUT2D eigenvalue weighted by atomic mass is 10.1. The molecule has 4 nitrogen and oxygen atoms in total. The van der Waals surface area contributed by atoms with Crippen LogP contribution in [0, 0.1) is 11.3 Å². The number of rotatable bonds is 3. The maximum absolute atomic E-state index is 8.87. The molecule has 0 aliphatic carbocycles. The molecule has 2 aromatic carbocycles. The van der Waals surface area contributed by atoms with Gasteiger partial charge >= 0.3 is 0 Å². The van der Waals surface area contributed by atoms with E-state index in [1.54, 1.807) is 17.4 Å². The van der Waals surface area contributed by atoms with Gasteiger partial charge in [-0.15, -0.1) is 0 Å². The summed E-state index contributed by atoms with van der Waals surface area (Å²) >= 11 is 0. The molecule has 1 unspecified atom stereocenters. The molecule has 1 aliphatic heterocycles. The van der Waals surface area contributed by atoms with Crippen LogP contribution in [0.1, 0.15) is 22.9 Å². The van der Waals surface area contributed by atoms with Gasteiger partial charge in [0, 0.05) is 0 Å². The van der Waals surface area contributed by atoms with E-state index in [4.69, 9.17) is 5.26 Å². The molecule has 3 rings (SSSR count). The molecular weight excluding hydrogens is 236 g/mol. The summed E-state index contributed by atoms with van der Waals surface area (Å²) in [4.78, 5) is 0. The van der Waals surface area contributed by atoms with Gasteiger partial charge in [-0.05, 0) is 23.3 Å².